The minimum absolute atomic E-state index is 0.121. The third-order valence-electron chi connectivity index (χ3n) is 2.52. The topological polar surface area (TPSA) is 66.9 Å². The predicted molar refractivity (Wildman–Crippen MR) is 56.5 cm³/mol. The van der Waals surface area contributed by atoms with Crippen LogP contribution in [0.2, 0.25) is 0 Å². The van der Waals surface area contributed by atoms with Gasteiger partial charge >= 0.3 is 0 Å². The standard InChI is InChI=1S/C11H12N2O2/c1-3-8(2)9-4-5-11(13(14)15)10(6-9)7-12/h4-6,8H,3H2,1-2H3. The molecule has 0 N–H and O–H groups in total. The number of rotatable bonds is 3. The molecule has 0 aliphatic carbocycles. The zero-order chi connectivity index (χ0) is 11.4. The first kappa shape index (κ1) is 11.2. The largest absolute Gasteiger partial charge is 0.287 e. The van der Waals surface area contributed by atoms with Crippen LogP contribution in [0.5, 0.6) is 0 Å². The summed E-state index contributed by atoms with van der Waals surface area (Å²) in [5.41, 5.74) is 0.988. The van der Waals surface area contributed by atoms with E-state index in [9.17, 15) is 10.1 Å². The summed E-state index contributed by atoms with van der Waals surface area (Å²) in [6.07, 6.45) is 0.947. The van der Waals surface area contributed by atoms with E-state index in [1.54, 1.807) is 12.1 Å². The second kappa shape index (κ2) is 4.56. The Bertz CT molecular complexity index is 421. The van der Waals surface area contributed by atoms with Crippen LogP contribution in [0.25, 0.3) is 0 Å². The van der Waals surface area contributed by atoms with Gasteiger partial charge in [0.2, 0.25) is 0 Å². The Labute approximate surface area is 88.3 Å². The second-order valence-corrected chi connectivity index (χ2v) is 3.45. The van der Waals surface area contributed by atoms with E-state index in [4.69, 9.17) is 5.26 Å². The van der Waals surface area contributed by atoms with Gasteiger partial charge in [-0.25, -0.2) is 0 Å². The molecule has 0 heterocycles. The number of nitro benzene ring substituents is 1. The zero-order valence-corrected chi connectivity index (χ0v) is 8.73. The minimum Gasteiger partial charge on any atom is -0.258 e. The molecule has 78 valence electrons. The summed E-state index contributed by atoms with van der Waals surface area (Å²) in [6.45, 7) is 4.07. The van der Waals surface area contributed by atoms with Gasteiger partial charge < -0.3 is 0 Å². The molecule has 0 saturated heterocycles. The fourth-order valence-corrected chi connectivity index (χ4v) is 1.34. The Morgan fingerprint density at radius 2 is 2.27 bits per heavy atom. The van der Waals surface area contributed by atoms with E-state index in [2.05, 4.69) is 0 Å². The van der Waals surface area contributed by atoms with E-state index in [-0.39, 0.29) is 11.3 Å². The molecule has 0 saturated carbocycles. The molecule has 1 unspecified atom stereocenters. The van der Waals surface area contributed by atoms with Gasteiger partial charge in [0.25, 0.3) is 5.69 Å². The highest BCUT2D eigenvalue weighted by atomic mass is 16.6. The molecular weight excluding hydrogens is 192 g/mol. The van der Waals surface area contributed by atoms with E-state index in [0.29, 0.717) is 5.92 Å². The third kappa shape index (κ3) is 2.32. The fourth-order valence-electron chi connectivity index (χ4n) is 1.34. The van der Waals surface area contributed by atoms with E-state index in [1.807, 2.05) is 19.9 Å². The highest BCUT2D eigenvalue weighted by Crippen LogP contribution is 2.25. The summed E-state index contributed by atoms with van der Waals surface area (Å²) in [5, 5.41) is 19.4. The first-order valence-electron chi connectivity index (χ1n) is 4.78. The number of hydrogen-bond donors (Lipinski definition) is 0. The van der Waals surface area contributed by atoms with Crippen molar-refractivity contribution in [3.8, 4) is 6.07 Å². The summed E-state index contributed by atoms with van der Waals surface area (Å²) < 4.78 is 0. The average Bonchev–Trinajstić information content (AvgIpc) is 2.26. The molecule has 0 aliphatic heterocycles. The van der Waals surface area contributed by atoms with Crippen LogP contribution < -0.4 is 0 Å². The normalized spacial score (nSPS) is 11.8. The summed E-state index contributed by atoms with van der Waals surface area (Å²) in [4.78, 5) is 10.1. The number of nitrogens with zero attached hydrogens (tertiary/aromatic N) is 2. The predicted octanol–water partition coefficient (Wildman–Crippen LogP) is 2.98. The molecule has 1 rings (SSSR count). The minimum atomic E-state index is -0.529. The summed E-state index contributed by atoms with van der Waals surface area (Å²) in [6, 6.07) is 6.58. The molecule has 4 heteroatoms. The lowest BCUT2D eigenvalue weighted by atomic mass is 9.96. The zero-order valence-electron chi connectivity index (χ0n) is 8.73. The van der Waals surface area contributed by atoms with Crippen molar-refractivity contribution >= 4 is 5.69 Å². The summed E-state index contributed by atoms with van der Waals surface area (Å²) in [7, 11) is 0. The van der Waals surface area contributed by atoms with Gasteiger partial charge in [0.15, 0.2) is 0 Å². The highest BCUT2D eigenvalue weighted by molar-refractivity contribution is 5.50. The molecular formula is C11H12N2O2. The average molecular weight is 204 g/mol. The Balaban J connectivity index is 3.20. The maximum Gasteiger partial charge on any atom is 0.287 e. The lowest BCUT2D eigenvalue weighted by molar-refractivity contribution is -0.385. The van der Waals surface area contributed by atoms with E-state index < -0.39 is 4.92 Å². The van der Waals surface area contributed by atoms with Crippen LogP contribution in [-0.2, 0) is 0 Å². The Morgan fingerprint density at radius 3 is 2.73 bits per heavy atom. The molecule has 0 amide bonds. The SMILES string of the molecule is CCC(C)c1ccc([N+](=O)[O-])c(C#N)c1. The maximum atomic E-state index is 10.6. The van der Waals surface area contributed by atoms with Gasteiger partial charge in [-0.1, -0.05) is 19.9 Å². The van der Waals surface area contributed by atoms with Crippen molar-refractivity contribution in [1.29, 1.82) is 5.26 Å². The van der Waals surface area contributed by atoms with Gasteiger partial charge in [0, 0.05) is 6.07 Å². The second-order valence-electron chi connectivity index (χ2n) is 3.45. The lowest BCUT2D eigenvalue weighted by Crippen LogP contribution is -1.96. The third-order valence-corrected chi connectivity index (χ3v) is 2.52. The molecule has 1 atom stereocenters. The van der Waals surface area contributed by atoms with Gasteiger partial charge in [-0.15, -0.1) is 0 Å². The van der Waals surface area contributed by atoms with Crippen molar-refractivity contribution in [3.05, 3.63) is 39.4 Å². The molecule has 4 nitrogen and oxygen atoms in total. The Kier molecular flexibility index (Phi) is 3.40. The van der Waals surface area contributed by atoms with Gasteiger partial charge in [0.1, 0.15) is 11.6 Å². The molecule has 0 aliphatic rings. The van der Waals surface area contributed by atoms with E-state index >= 15 is 0 Å². The molecule has 0 radical (unpaired) electrons. The first-order valence-corrected chi connectivity index (χ1v) is 4.78. The molecule has 1 aromatic rings. The van der Waals surface area contributed by atoms with Gasteiger partial charge in [-0.05, 0) is 24.0 Å². The number of hydrogen-bond acceptors (Lipinski definition) is 3. The van der Waals surface area contributed by atoms with Crippen LogP contribution in [0.15, 0.2) is 18.2 Å². The molecule has 0 spiro atoms. The molecule has 0 bridgehead atoms. The van der Waals surface area contributed by atoms with Crippen LogP contribution in [0.4, 0.5) is 5.69 Å². The Morgan fingerprint density at radius 1 is 1.60 bits per heavy atom. The van der Waals surface area contributed by atoms with E-state index in [1.165, 1.54) is 6.07 Å². The highest BCUT2D eigenvalue weighted by Gasteiger charge is 2.15. The van der Waals surface area contributed by atoms with Crippen LogP contribution in [0.3, 0.4) is 0 Å². The maximum absolute atomic E-state index is 10.6. The number of nitriles is 1. The monoisotopic (exact) mass is 204 g/mol. The van der Waals surface area contributed by atoms with Crippen LogP contribution in [0.1, 0.15) is 37.3 Å². The summed E-state index contributed by atoms with van der Waals surface area (Å²) in [5.74, 6) is 0.318. The quantitative estimate of drug-likeness (QED) is 0.561. The molecule has 0 fully saturated rings. The van der Waals surface area contributed by atoms with Crippen molar-refractivity contribution in [3.63, 3.8) is 0 Å². The van der Waals surface area contributed by atoms with Crippen molar-refractivity contribution in [1.82, 2.24) is 0 Å². The van der Waals surface area contributed by atoms with Crippen molar-refractivity contribution in [2.24, 2.45) is 0 Å². The molecule has 1 aromatic carbocycles. The van der Waals surface area contributed by atoms with Gasteiger partial charge in [0.05, 0.1) is 4.92 Å². The smallest absolute Gasteiger partial charge is 0.258 e. The van der Waals surface area contributed by atoms with Crippen molar-refractivity contribution < 1.29 is 4.92 Å². The summed E-state index contributed by atoms with van der Waals surface area (Å²) >= 11 is 0. The van der Waals surface area contributed by atoms with Crippen molar-refractivity contribution in [2.45, 2.75) is 26.2 Å². The first-order chi connectivity index (χ1) is 7.10. The van der Waals surface area contributed by atoms with Gasteiger partial charge in [-0.2, -0.15) is 5.26 Å². The number of nitro groups is 1. The number of benzene rings is 1. The molecule has 0 aromatic heterocycles. The fraction of sp³-hybridized carbons (Fsp3) is 0.364. The molecule has 15 heavy (non-hydrogen) atoms. The lowest BCUT2D eigenvalue weighted by Gasteiger charge is -2.08. The van der Waals surface area contributed by atoms with Crippen molar-refractivity contribution in [2.75, 3.05) is 0 Å². The van der Waals surface area contributed by atoms with E-state index in [0.717, 1.165) is 12.0 Å². The van der Waals surface area contributed by atoms with Crippen LogP contribution in [-0.4, -0.2) is 4.92 Å². The Hall–Kier alpha value is -1.89. The van der Waals surface area contributed by atoms with Crippen LogP contribution >= 0.6 is 0 Å². The van der Waals surface area contributed by atoms with Gasteiger partial charge in [-0.3, -0.25) is 10.1 Å². The van der Waals surface area contributed by atoms with Crippen LogP contribution in [0, 0.1) is 21.4 Å².